The first-order valence-corrected chi connectivity index (χ1v) is 8.31. The Balaban J connectivity index is 0.00000192. The van der Waals surface area contributed by atoms with E-state index in [9.17, 15) is 4.79 Å². The molecule has 1 amide bonds. The highest BCUT2D eigenvalue weighted by atomic mass is 35.5. The highest BCUT2D eigenvalue weighted by Gasteiger charge is 2.32. The normalized spacial score (nSPS) is 22.5. The fourth-order valence-corrected chi connectivity index (χ4v) is 3.47. The molecule has 2 N–H and O–H groups in total. The van der Waals surface area contributed by atoms with Crippen LogP contribution in [0.4, 0.5) is 0 Å². The molecule has 1 fully saturated rings. The molecule has 1 aromatic rings. The van der Waals surface area contributed by atoms with Gasteiger partial charge in [-0.1, -0.05) is 25.1 Å². The summed E-state index contributed by atoms with van der Waals surface area (Å²) in [5.74, 6) is 1.52. The molecular weight excluding hydrogens is 312 g/mol. The van der Waals surface area contributed by atoms with Crippen LogP contribution in [0.15, 0.2) is 24.3 Å². The molecule has 5 heteroatoms. The molecule has 2 aliphatic heterocycles. The minimum absolute atomic E-state index is 0. The van der Waals surface area contributed by atoms with E-state index in [1.807, 2.05) is 23.1 Å². The summed E-state index contributed by atoms with van der Waals surface area (Å²) in [6.07, 6.45) is 3.55. The number of para-hydroxylation sites is 1. The lowest BCUT2D eigenvalue weighted by molar-refractivity contribution is -0.133. The van der Waals surface area contributed by atoms with Gasteiger partial charge in [0.2, 0.25) is 5.91 Å². The van der Waals surface area contributed by atoms with Crippen LogP contribution in [0.2, 0.25) is 0 Å². The average Bonchev–Trinajstić information content (AvgIpc) is 2.56. The maximum absolute atomic E-state index is 12.6. The summed E-state index contributed by atoms with van der Waals surface area (Å²) in [5, 5.41) is 0. The Morgan fingerprint density at radius 1 is 1.35 bits per heavy atom. The lowest BCUT2D eigenvalue weighted by Gasteiger charge is -2.39. The van der Waals surface area contributed by atoms with Crippen molar-refractivity contribution in [3.63, 3.8) is 0 Å². The first-order chi connectivity index (χ1) is 10.6. The number of nitrogens with two attached hydrogens (primary N) is 1. The van der Waals surface area contributed by atoms with Crippen LogP contribution < -0.4 is 10.5 Å². The molecule has 1 aromatic carbocycles. The Morgan fingerprint density at radius 2 is 2.04 bits per heavy atom. The summed E-state index contributed by atoms with van der Waals surface area (Å²) < 4.78 is 5.68. The zero-order chi connectivity index (χ0) is 15.6. The van der Waals surface area contributed by atoms with Gasteiger partial charge in [-0.3, -0.25) is 4.79 Å². The van der Waals surface area contributed by atoms with Gasteiger partial charge in [-0.05, 0) is 48.8 Å². The quantitative estimate of drug-likeness (QED) is 0.921. The Morgan fingerprint density at radius 3 is 2.74 bits per heavy atom. The number of hydrogen-bond donors (Lipinski definition) is 1. The number of amides is 1. The third-order valence-corrected chi connectivity index (χ3v) is 5.32. The van der Waals surface area contributed by atoms with Crippen LogP contribution in [-0.2, 0) is 4.79 Å². The molecule has 0 radical (unpaired) electrons. The van der Waals surface area contributed by atoms with E-state index in [4.69, 9.17) is 10.5 Å². The van der Waals surface area contributed by atoms with Crippen LogP contribution in [0.1, 0.15) is 44.1 Å². The van der Waals surface area contributed by atoms with Gasteiger partial charge in [-0.2, -0.15) is 0 Å². The fourth-order valence-electron chi connectivity index (χ4n) is 3.47. The van der Waals surface area contributed by atoms with E-state index < -0.39 is 0 Å². The molecule has 23 heavy (non-hydrogen) atoms. The Labute approximate surface area is 144 Å². The van der Waals surface area contributed by atoms with Crippen molar-refractivity contribution >= 4 is 18.3 Å². The highest BCUT2D eigenvalue weighted by Crippen LogP contribution is 2.36. The number of fused-ring (bicyclic) bond motifs is 1. The topological polar surface area (TPSA) is 55.6 Å². The molecule has 1 unspecified atom stereocenters. The summed E-state index contributed by atoms with van der Waals surface area (Å²) in [7, 11) is 0. The number of ether oxygens (including phenoxy) is 1. The zero-order valence-electron chi connectivity index (χ0n) is 13.8. The second kappa shape index (κ2) is 7.54. The molecular formula is C18H27ClN2O2. The summed E-state index contributed by atoms with van der Waals surface area (Å²) in [6, 6.07) is 8.10. The van der Waals surface area contributed by atoms with Gasteiger partial charge in [0.05, 0.1) is 6.61 Å². The number of halogens is 1. The van der Waals surface area contributed by atoms with Crippen molar-refractivity contribution in [2.45, 2.75) is 38.5 Å². The summed E-state index contributed by atoms with van der Waals surface area (Å²) in [5.41, 5.74) is 7.24. The Kier molecular flexibility index (Phi) is 5.93. The van der Waals surface area contributed by atoms with E-state index in [1.54, 1.807) is 0 Å². The van der Waals surface area contributed by atoms with Gasteiger partial charge in [-0.25, -0.2) is 0 Å². The monoisotopic (exact) mass is 338 g/mol. The van der Waals surface area contributed by atoms with Gasteiger partial charge >= 0.3 is 0 Å². The number of benzene rings is 1. The molecule has 1 atom stereocenters. The van der Waals surface area contributed by atoms with Crippen molar-refractivity contribution in [3.05, 3.63) is 29.8 Å². The minimum atomic E-state index is 0. The molecule has 3 rings (SSSR count). The van der Waals surface area contributed by atoms with Gasteiger partial charge in [0.15, 0.2) is 0 Å². The summed E-state index contributed by atoms with van der Waals surface area (Å²) in [6.45, 7) is 5.33. The Hall–Kier alpha value is -1.26. The highest BCUT2D eigenvalue weighted by molar-refractivity contribution is 5.85. The molecule has 0 aromatic heterocycles. The average molecular weight is 339 g/mol. The van der Waals surface area contributed by atoms with E-state index in [0.717, 1.165) is 38.1 Å². The molecule has 0 spiro atoms. The number of likely N-dealkylation sites (tertiary alicyclic amines) is 1. The summed E-state index contributed by atoms with van der Waals surface area (Å²) >= 11 is 0. The van der Waals surface area contributed by atoms with Crippen molar-refractivity contribution in [3.8, 4) is 5.75 Å². The van der Waals surface area contributed by atoms with Crippen molar-refractivity contribution < 1.29 is 9.53 Å². The predicted molar refractivity (Wildman–Crippen MR) is 94.1 cm³/mol. The van der Waals surface area contributed by atoms with Crippen molar-refractivity contribution in [1.82, 2.24) is 4.90 Å². The zero-order valence-corrected chi connectivity index (χ0v) is 14.6. The fraction of sp³-hybridized carbons (Fsp3) is 0.611. The number of rotatable bonds is 3. The third kappa shape index (κ3) is 3.99. The van der Waals surface area contributed by atoms with Crippen LogP contribution in [0, 0.1) is 5.41 Å². The van der Waals surface area contributed by atoms with E-state index in [0.29, 0.717) is 25.5 Å². The maximum Gasteiger partial charge on any atom is 0.223 e. The number of nitrogens with zero attached hydrogens (tertiary/aromatic N) is 1. The van der Waals surface area contributed by atoms with Gasteiger partial charge in [-0.15, -0.1) is 12.4 Å². The van der Waals surface area contributed by atoms with Gasteiger partial charge in [0.25, 0.3) is 0 Å². The first kappa shape index (κ1) is 18.1. The minimum Gasteiger partial charge on any atom is -0.493 e. The molecule has 1 saturated heterocycles. The van der Waals surface area contributed by atoms with Crippen LogP contribution >= 0.6 is 12.4 Å². The lowest BCUT2D eigenvalue weighted by Crippen LogP contribution is -2.45. The number of carbonyl (C=O) groups is 1. The molecule has 4 nitrogen and oxygen atoms in total. The number of hydrogen-bond acceptors (Lipinski definition) is 3. The van der Waals surface area contributed by atoms with E-state index >= 15 is 0 Å². The molecule has 0 aliphatic carbocycles. The van der Waals surface area contributed by atoms with Crippen LogP contribution in [0.3, 0.4) is 0 Å². The SMILES string of the molecule is CC1(CN)CCN(C(=O)CC2CCOc3ccccc32)CC1.Cl. The van der Waals surface area contributed by atoms with Gasteiger partial charge in [0, 0.05) is 19.5 Å². The molecule has 2 aliphatic rings. The second-order valence-electron chi connectivity index (χ2n) is 6.97. The van der Waals surface area contributed by atoms with Crippen molar-refractivity contribution in [1.29, 1.82) is 0 Å². The largest absolute Gasteiger partial charge is 0.493 e. The van der Waals surface area contributed by atoms with Crippen molar-refractivity contribution in [2.75, 3.05) is 26.2 Å². The van der Waals surface area contributed by atoms with Gasteiger partial charge < -0.3 is 15.4 Å². The Bertz CT molecular complexity index is 542. The first-order valence-electron chi connectivity index (χ1n) is 8.31. The standard InChI is InChI=1S/C18H26N2O2.ClH/c1-18(13-19)7-9-20(10-8-18)17(21)12-14-6-11-22-16-5-3-2-4-15(14)16;/h2-5,14H,6-13,19H2,1H3;1H. The summed E-state index contributed by atoms with van der Waals surface area (Å²) in [4.78, 5) is 14.7. The number of carbonyl (C=O) groups excluding carboxylic acids is 1. The van der Waals surface area contributed by atoms with Gasteiger partial charge in [0.1, 0.15) is 5.75 Å². The molecule has 0 saturated carbocycles. The van der Waals surface area contributed by atoms with Crippen molar-refractivity contribution in [2.24, 2.45) is 11.1 Å². The number of piperidine rings is 1. The molecule has 128 valence electrons. The van der Waals surface area contributed by atoms with Crippen LogP contribution in [0.5, 0.6) is 5.75 Å². The van der Waals surface area contributed by atoms with Crippen LogP contribution in [0.25, 0.3) is 0 Å². The van der Waals surface area contributed by atoms with E-state index in [1.165, 1.54) is 5.56 Å². The maximum atomic E-state index is 12.6. The smallest absolute Gasteiger partial charge is 0.223 e. The van der Waals surface area contributed by atoms with Crippen LogP contribution in [-0.4, -0.2) is 37.0 Å². The molecule has 0 bridgehead atoms. The second-order valence-corrected chi connectivity index (χ2v) is 6.97. The van der Waals surface area contributed by atoms with E-state index in [-0.39, 0.29) is 23.7 Å². The third-order valence-electron chi connectivity index (χ3n) is 5.32. The lowest BCUT2D eigenvalue weighted by atomic mass is 9.80. The van der Waals surface area contributed by atoms with E-state index in [2.05, 4.69) is 13.0 Å². The molecule has 2 heterocycles. The predicted octanol–water partition coefficient (Wildman–Crippen LogP) is 2.95.